The lowest BCUT2D eigenvalue weighted by molar-refractivity contribution is -0.137. The largest absolute Gasteiger partial charge is 0.481 e. The van der Waals surface area contributed by atoms with Crippen LogP contribution in [0.4, 0.5) is 4.79 Å². The van der Waals surface area contributed by atoms with E-state index in [-0.39, 0.29) is 18.5 Å². The fraction of sp³-hybridized carbons (Fsp3) is 0.636. The summed E-state index contributed by atoms with van der Waals surface area (Å²) in [6.45, 7) is 8.30. The fourth-order valence-electron chi connectivity index (χ4n) is 1.29. The maximum absolute atomic E-state index is 11.7. The van der Waals surface area contributed by atoms with Gasteiger partial charge >= 0.3 is 12.0 Å². The Morgan fingerprint density at radius 3 is 2.50 bits per heavy atom. The first-order chi connectivity index (χ1) is 7.54. The molecule has 0 rings (SSSR count). The molecule has 1 atom stereocenters. The SMILES string of the molecule is C=CCN(CC)C(=O)NC(CC)CC(=O)O. The van der Waals surface area contributed by atoms with Crippen LogP contribution in [0.3, 0.4) is 0 Å². The van der Waals surface area contributed by atoms with Crippen LogP contribution in [0.5, 0.6) is 0 Å². The van der Waals surface area contributed by atoms with E-state index >= 15 is 0 Å². The molecule has 16 heavy (non-hydrogen) atoms. The zero-order valence-corrected chi connectivity index (χ0v) is 9.90. The van der Waals surface area contributed by atoms with Gasteiger partial charge in [0.25, 0.3) is 0 Å². The molecular formula is C11H20N2O3. The predicted molar refractivity (Wildman–Crippen MR) is 62.3 cm³/mol. The van der Waals surface area contributed by atoms with Crippen molar-refractivity contribution in [1.82, 2.24) is 10.2 Å². The van der Waals surface area contributed by atoms with E-state index in [2.05, 4.69) is 11.9 Å². The topological polar surface area (TPSA) is 69.6 Å². The second kappa shape index (κ2) is 7.73. The van der Waals surface area contributed by atoms with E-state index < -0.39 is 5.97 Å². The molecule has 0 aromatic carbocycles. The van der Waals surface area contributed by atoms with Crippen molar-refractivity contribution in [3.05, 3.63) is 12.7 Å². The molecule has 5 heteroatoms. The number of nitrogens with one attached hydrogen (secondary N) is 1. The average Bonchev–Trinajstić information content (AvgIpc) is 2.23. The molecule has 0 saturated heterocycles. The van der Waals surface area contributed by atoms with Crippen LogP contribution < -0.4 is 5.32 Å². The number of nitrogens with zero attached hydrogens (tertiary/aromatic N) is 1. The summed E-state index contributed by atoms with van der Waals surface area (Å²) in [5, 5.41) is 11.3. The summed E-state index contributed by atoms with van der Waals surface area (Å²) in [5.41, 5.74) is 0. The lowest BCUT2D eigenvalue weighted by Crippen LogP contribution is -2.45. The summed E-state index contributed by atoms with van der Waals surface area (Å²) in [4.78, 5) is 23.8. The van der Waals surface area contributed by atoms with Gasteiger partial charge < -0.3 is 15.3 Å². The Morgan fingerprint density at radius 1 is 1.50 bits per heavy atom. The molecule has 0 radical (unpaired) electrons. The van der Waals surface area contributed by atoms with E-state index in [4.69, 9.17) is 5.11 Å². The Hall–Kier alpha value is -1.52. The Labute approximate surface area is 96.1 Å². The van der Waals surface area contributed by atoms with Crippen LogP contribution >= 0.6 is 0 Å². The molecule has 0 bridgehead atoms. The number of carbonyl (C=O) groups excluding carboxylic acids is 1. The van der Waals surface area contributed by atoms with E-state index in [0.717, 1.165) is 0 Å². The van der Waals surface area contributed by atoms with Crippen molar-refractivity contribution in [2.75, 3.05) is 13.1 Å². The highest BCUT2D eigenvalue weighted by Crippen LogP contribution is 2.00. The van der Waals surface area contributed by atoms with Crippen molar-refractivity contribution in [3.63, 3.8) is 0 Å². The minimum Gasteiger partial charge on any atom is -0.481 e. The van der Waals surface area contributed by atoms with E-state index in [0.29, 0.717) is 19.5 Å². The molecular weight excluding hydrogens is 208 g/mol. The first-order valence-electron chi connectivity index (χ1n) is 5.43. The van der Waals surface area contributed by atoms with Gasteiger partial charge in [0.15, 0.2) is 0 Å². The van der Waals surface area contributed by atoms with Crippen molar-refractivity contribution in [2.45, 2.75) is 32.7 Å². The smallest absolute Gasteiger partial charge is 0.317 e. The number of hydrogen-bond donors (Lipinski definition) is 2. The second-order valence-corrected chi connectivity index (χ2v) is 3.48. The van der Waals surface area contributed by atoms with Gasteiger partial charge in [0, 0.05) is 19.1 Å². The number of rotatable bonds is 7. The molecule has 5 nitrogen and oxygen atoms in total. The number of carboxylic acids is 1. The molecule has 0 aliphatic heterocycles. The van der Waals surface area contributed by atoms with Gasteiger partial charge in [0.2, 0.25) is 0 Å². The van der Waals surface area contributed by atoms with E-state index in [1.807, 2.05) is 13.8 Å². The highest BCUT2D eigenvalue weighted by atomic mass is 16.4. The zero-order chi connectivity index (χ0) is 12.6. The number of amides is 2. The van der Waals surface area contributed by atoms with Crippen molar-refractivity contribution in [3.8, 4) is 0 Å². The van der Waals surface area contributed by atoms with Gasteiger partial charge in [-0.1, -0.05) is 13.0 Å². The van der Waals surface area contributed by atoms with Crippen molar-refractivity contribution >= 4 is 12.0 Å². The Kier molecular flexibility index (Phi) is 7.00. The summed E-state index contributed by atoms with van der Waals surface area (Å²) >= 11 is 0. The number of carboxylic acid groups (broad SMARTS) is 1. The summed E-state index contributed by atoms with van der Waals surface area (Å²) in [6.07, 6.45) is 2.19. The van der Waals surface area contributed by atoms with Crippen molar-refractivity contribution in [2.24, 2.45) is 0 Å². The minimum atomic E-state index is -0.904. The lowest BCUT2D eigenvalue weighted by atomic mass is 10.1. The summed E-state index contributed by atoms with van der Waals surface area (Å²) in [7, 11) is 0. The molecule has 0 heterocycles. The first kappa shape index (κ1) is 14.5. The molecule has 0 aliphatic rings. The number of likely N-dealkylation sites (N-methyl/N-ethyl adjacent to an activating group) is 1. The van der Waals surface area contributed by atoms with Gasteiger partial charge in [-0.15, -0.1) is 6.58 Å². The number of urea groups is 1. The third kappa shape index (κ3) is 5.38. The molecule has 0 spiro atoms. The van der Waals surface area contributed by atoms with Crippen molar-refractivity contribution < 1.29 is 14.7 Å². The van der Waals surface area contributed by atoms with Crippen LogP contribution in [0.15, 0.2) is 12.7 Å². The van der Waals surface area contributed by atoms with Gasteiger partial charge in [-0.25, -0.2) is 4.79 Å². The molecule has 0 aromatic rings. The Bertz CT molecular complexity index is 254. The number of aliphatic carboxylic acids is 1. The van der Waals surface area contributed by atoms with Crippen LogP contribution in [0.25, 0.3) is 0 Å². The lowest BCUT2D eigenvalue weighted by Gasteiger charge is -2.23. The number of carbonyl (C=O) groups is 2. The molecule has 0 aromatic heterocycles. The van der Waals surface area contributed by atoms with Gasteiger partial charge in [-0.2, -0.15) is 0 Å². The summed E-state index contributed by atoms with van der Waals surface area (Å²) in [6, 6.07) is -0.556. The van der Waals surface area contributed by atoms with Gasteiger partial charge in [0.1, 0.15) is 0 Å². The third-order valence-corrected chi connectivity index (χ3v) is 2.26. The Balaban J connectivity index is 4.26. The maximum atomic E-state index is 11.7. The molecule has 1 unspecified atom stereocenters. The zero-order valence-electron chi connectivity index (χ0n) is 9.90. The average molecular weight is 228 g/mol. The standard InChI is InChI=1S/C11H20N2O3/c1-4-7-13(6-3)11(16)12-9(5-2)8-10(14)15/h4,9H,1,5-8H2,2-3H3,(H,12,16)(H,14,15). The highest BCUT2D eigenvalue weighted by Gasteiger charge is 2.16. The number of hydrogen-bond acceptors (Lipinski definition) is 2. The first-order valence-corrected chi connectivity index (χ1v) is 5.43. The summed E-state index contributed by atoms with van der Waals surface area (Å²) in [5.74, 6) is -0.904. The molecule has 2 N–H and O–H groups in total. The van der Waals surface area contributed by atoms with Crippen molar-refractivity contribution in [1.29, 1.82) is 0 Å². The highest BCUT2D eigenvalue weighted by molar-refractivity contribution is 5.76. The fourth-order valence-corrected chi connectivity index (χ4v) is 1.29. The quantitative estimate of drug-likeness (QED) is 0.648. The van der Waals surface area contributed by atoms with Crippen LogP contribution in [0.2, 0.25) is 0 Å². The van der Waals surface area contributed by atoms with Crippen LogP contribution in [0, 0.1) is 0 Å². The van der Waals surface area contributed by atoms with E-state index in [1.165, 1.54) is 0 Å². The maximum Gasteiger partial charge on any atom is 0.317 e. The molecule has 0 fully saturated rings. The monoisotopic (exact) mass is 228 g/mol. The minimum absolute atomic E-state index is 0.0477. The van der Waals surface area contributed by atoms with Gasteiger partial charge in [0.05, 0.1) is 6.42 Å². The van der Waals surface area contributed by atoms with Gasteiger partial charge in [-0.05, 0) is 13.3 Å². The molecule has 2 amide bonds. The second-order valence-electron chi connectivity index (χ2n) is 3.48. The van der Waals surface area contributed by atoms with Crippen LogP contribution in [0.1, 0.15) is 26.7 Å². The van der Waals surface area contributed by atoms with E-state index in [9.17, 15) is 9.59 Å². The third-order valence-electron chi connectivity index (χ3n) is 2.26. The molecule has 0 saturated carbocycles. The summed E-state index contributed by atoms with van der Waals surface area (Å²) < 4.78 is 0. The Morgan fingerprint density at radius 2 is 2.12 bits per heavy atom. The predicted octanol–water partition coefficient (Wildman–Crippen LogP) is 1.46. The normalized spacial score (nSPS) is 11.6. The van der Waals surface area contributed by atoms with Crippen LogP contribution in [-0.4, -0.2) is 41.1 Å². The van der Waals surface area contributed by atoms with Gasteiger partial charge in [-0.3, -0.25) is 4.79 Å². The van der Waals surface area contributed by atoms with E-state index in [1.54, 1.807) is 11.0 Å². The van der Waals surface area contributed by atoms with Crippen LogP contribution in [-0.2, 0) is 4.79 Å². The molecule has 0 aliphatic carbocycles. The molecule has 92 valence electrons.